The maximum Gasteiger partial charge on any atom is 0.423 e. The molecule has 2 aromatic rings. The van der Waals surface area contributed by atoms with Gasteiger partial charge in [0.25, 0.3) is 5.56 Å². The maximum absolute atomic E-state index is 12.9. The molecule has 1 saturated heterocycles. The Morgan fingerprint density at radius 2 is 1.92 bits per heavy atom. The van der Waals surface area contributed by atoms with Crippen LogP contribution in [0.15, 0.2) is 46.1 Å². The van der Waals surface area contributed by atoms with Crippen molar-refractivity contribution < 1.29 is 17.9 Å². The lowest BCUT2D eigenvalue weighted by atomic mass is 10.2. The summed E-state index contributed by atoms with van der Waals surface area (Å²) in [5, 5.41) is -0.373. The molecule has 2 atom stereocenters. The second-order valence-electron chi connectivity index (χ2n) is 6.00. The van der Waals surface area contributed by atoms with Crippen LogP contribution in [0.5, 0.6) is 0 Å². The quantitative estimate of drug-likeness (QED) is 0.857. The van der Waals surface area contributed by atoms with Gasteiger partial charge >= 0.3 is 11.9 Å². The number of halogens is 3. The number of aromatic amines is 1. The third kappa shape index (κ3) is 4.39. The Labute approximate surface area is 151 Å². The van der Waals surface area contributed by atoms with Gasteiger partial charge < -0.3 is 4.74 Å². The summed E-state index contributed by atoms with van der Waals surface area (Å²) in [6.45, 7) is 0.902. The first kappa shape index (κ1) is 18.8. The molecule has 26 heavy (non-hydrogen) atoms. The lowest BCUT2D eigenvalue weighted by Gasteiger charge is -2.16. The molecule has 5 nitrogen and oxygen atoms in total. The minimum atomic E-state index is -4.80. The van der Waals surface area contributed by atoms with Crippen LogP contribution < -0.4 is 11.2 Å². The minimum absolute atomic E-state index is 0.0804. The fourth-order valence-corrected chi connectivity index (χ4v) is 4.25. The fraction of sp³-hybridized carbons (Fsp3) is 0.412. The molecule has 0 saturated carbocycles. The largest absolute Gasteiger partial charge is 0.423 e. The number of aromatic nitrogens is 2. The molecule has 0 spiro atoms. The van der Waals surface area contributed by atoms with Gasteiger partial charge in [0.2, 0.25) is 0 Å². The summed E-state index contributed by atoms with van der Waals surface area (Å²) < 4.78 is 45.3. The number of nitrogens with one attached hydrogen (secondary N) is 1. The van der Waals surface area contributed by atoms with E-state index in [2.05, 4.69) is 0 Å². The fourth-order valence-electron chi connectivity index (χ4n) is 2.80. The zero-order valence-corrected chi connectivity index (χ0v) is 14.5. The van der Waals surface area contributed by atoms with Gasteiger partial charge in [-0.1, -0.05) is 30.3 Å². The van der Waals surface area contributed by atoms with Crippen molar-refractivity contribution in [3.63, 3.8) is 0 Å². The summed E-state index contributed by atoms with van der Waals surface area (Å²) in [4.78, 5) is 25.0. The second kappa shape index (κ2) is 7.71. The third-order valence-electron chi connectivity index (χ3n) is 4.08. The Hall–Kier alpha value is -2.00. The van der Waals surface area contributed by atoms with Crippen LogP contribution in [0.4, 0.5) is 13.2 Å². The summed E-state index contributed by atoms with van der Waals surface area (Å²) in [5.41, 5.74) is -2.56. The third-order valence-corrected chi connectivity index (χ3v) is 5.62. The molecule has 3 rings (SSSR count). The van der Waals surface area contributed by atoms with Crippen molar-refractivity contribution in [2.45, 2.75) is 36.2 Å². The van der Waals surface area contributed by atoms with E-state index in [0.29, 0.717) is 25.8 Å². The molecule has 1 aromatic heterocycles. The lowest BCUT2D eigenvalue weighted by Crippen LogP contribution is -2.35. The topological polar surface area (TPSA) is 64.1 Å². The lowest BCUT2D eigenvalue weighted by molar-refractivity contribution is -0.139. The zero-order valence-electron chi connectivity index (χ0n) is 13.7. The average molecular weight is 386 g/mol. The van der Waals surface area contributed by atoms with Crippen LogP contribution in [0.3, 0.4) is 0 Å². The van der Waals surface area contributed by atoms with Gasteiger partial charge in [-0.25, -0.2) is 4.79 Å². The van der Waals surface area contributed by atoms with Crippen molar-refractivity contribution in [1.82, 2.24) is 9.55 Å². The van der Waals surface area contributed by atoms with Crippen molar-refractivity contribution in [2.24, 2.45) is 0 Å². The number of benzene rings is 1. The van der Waals surface area contributed by atoms with Crippen LogP contribution in [0.25, 0.3) is 0 Å². The summed E-state index contributed by atoms with van der Waals surface area (Å²) in [6, 6.07) is 9.64. The van der Waals surface area contributed by atoms with Crippen molar-refractivity contribution in [1.29, 1.82) is 0 Å². The van der Waals surface area contributed by atoms with E-state index in [1.807, 2.05) is 30.3 Å². The molecule has 0 radical (unpaired) electrons. The number of hydrogen-bond acceptors (Lipinski definition) is 4. The van der Waals surface area contributed by atoms with Crippen molar-refractivity contribution in [3.8, 4) is 0 Å². The Bertz CT molecular complexity index is 864. The number of H-pyrrole nitrogens is 1. The summed E-state index contributed by atoms with van der Waals surface area (Å²) >= 11 is 1.39. The molecule has 140 valence electrons. The van der Waals surface area contributed by atoms with Crippen LogP contribution in [-0.4, -0.2) is 21.4 Å². The van der Waals surface area contributed by atoms with Gasteiger partial charge in [0.1, 0.15) is 5.56 Å². The Morgan fingerprint density at radius 3 is 2.62 bits per heavy atom. The zero-order chi connectivity index (χ0) is 18.7. The van der Waals surface area contributed by atoms with E-state index in [1.54, 1.807) is 4.98 Å². The Kier molecular flexibility index (Phi) is 5.57. The van der Waals surface area contributed by atoms with Gasteiger partial charge in [-0.15, -0.1) is 11.8 Å². The monoisotopic (exact) mass is 386 g/mol. The summed E-state index contributed by atoms with van der Waals surface area (Å²) in [7, 11) is 0. The van der Waals surface area contributed by atoms with Crippen LogP contribution in [0, 0.1) is 0 Å². The highest BCUT2D eigenvalue weighted by Gasteiger charge is 2.36. The highest BCUT2D eigenvalue weighted by molar-refractivity contribution is 8.00. The van der Waals surface area contributed by atoms with Crippen molar-refractivity contribution >= 4 is 11.8 Å². The van der Waals surface area contributed by atoms with Crippen molar-refractivity contribution in [3.05, 3.63) is 68.5 Å². The molecule has 0 amide bonds. The molecule has 1 fully saturated rings. The number of nitrogens with zero attached hydrogens (tertiary/aromatic N) is 1. The first-order valence-corrected chi connectivity index (χ1v) is 8.98. The molecule has 2 unspecified atom stereocenters. The predicted molar refractivity (Wildman–Crippen MR) is 92.1 cm³/mol. The minimum Gasteiger partial charge on any atom is -0.376 e. The van der Waals surface area contributed by atoms with Gasteiger partial charge in [-0.3, -0.25) is 14.3 Å². The molecule has 9 heteroatoms. The Balaban J connectivity index is 1.63. The number of alkyl halides is 3. The molecular formula is C17H17F3N2O3S. The van der Waals surface area contributed by atoms with Gasteiger partial charge in [-0.05, 0) is 18.4 Å². The molecule has 1 aliphatic rings. The number of hydrogen-bond donors (Lipinski definition) is 1. The van der Waals surface area contributed by atoms with E-state index in [0.717, 1.165) is 16.6 Å². The first-order valence-electron chi connectivity index (χ1n) is 8.04. The summed E-state index contributed by atoms with van der Waals surface area (Å²) in [6.07, 6.45) is -2.93. The van der Waals surface area contributed by atoms with Gasteiger partial charge in [0, 0.05) is 11.4 Å². The summed E-state index contributed by atoms with van der Waals surface area (Å²) in [5.74, 6) is 0. The van der Waals surface area contributed by atoms with Crippen LogP contribution in [0.2, 0.25) is 0 Å². The standard InChI is InChI=1S/C17H17F3N2O3S/c18-17(19,20)13-8-22(16(24)21-15(13)23)14-7-6-12(26-14)10-25-9-11-4-2-1-3-5-11/h1-5,8,12,14H,6-7,9-10H2,(H,21,23,24). The van der Waals surface area contributed by atoms with E-state index in [4.69, 9.17) is 4.74 Å². The molecule has 2 heterocycles. The highest BCUT2D eigenvalue weighted by Crippen LogP contribution is 2.41. The molecule has 1 N–H and O–H groups in total. The van der Waals surface area contributed by atoms with E-state index < -0.39 is 28.4 Å². The molecular weight excluding hydrogens is 369 g/mol. The highest BCUT2D eigenvalue weighted by atomic mass is 32.2. The number of rotatable bonds is 5. The van der Waals surface area contributed by atoms with E-state index >= 15 is 0 Å². The number of thioether (sulfide) groups is 1. The maximum atomic E-state index is 12.9. The van der Waals surface area contributed by atoms with Crippen LogP contribution in [-0.2, 0) is 17.5 Å². The SMILES string of the molecule is O=c1[nH]c(=O)n(C2CCC(COCc3ccccc3)S2)cc1C(F)(F)F. The Morgan fingerprint density at radius 1 is 1.19 bits per heavy atom. The van der Waals surface area contributed by atoms with Crippen LogP contribution >= 0.6 is 11.8 Å². The van der Waals surface area contributed by atoms with Gasteiger partial charge in [-0.2, -0.15) is 13.2 Å². The number of ether oxygens (including phenoxy) is 1. The average Bonchev–Trinajstić information content (AvgIpc) is 3.03. The van der Waals surface area contributed by atoms with Crippen molar-refractivity contribution in [2.75, 3.05) is 6.61 Å². The van der Waals surface area contributed by atoms with E-state index in [-0.39, 0.29) is 5.25 Å². The molecule has 1 aromatic carbocycles. The van der Waals surface area contributed by atoms with Crippen LogP contribution in [0.1, 0.15) is 29.3 Å². The normalized spacial score (nSPS) is 20.4. The molecule has 0 bridgehead atoms. The molecule has 1 aliphatic heterocycles. The molecule has 0 aliphatic carbocycles. The predicted octanol–water partition coefficient (Wildman–Crippen LogP) is 3.17. The van der Waals surface area contributed by atoms with Gasteiger partial charge in [0.05, 0.1) is 18.6 Å². The first-order chi connectivity index (χ1) is 12.3. The van der Waals surface area contributed by atoms with E-state index in [9.17, 15) is 22.8 Å². The van der Waals surface area contributed by atoms with E-state index in [1.165, 1.54) is 11.8 Å². The van der Waals surface area contributed by atoms with Gasteiger partial charge in [0.15, 0.2) is 0 Å². The second-order valence-corrected chi connectivity index (χ2v) is 7.48. The smallest absolute Gasteiger partial charge is 0.376 e.